The van der Waals surface area contributed by atoms with E-state index < -0.39 is 21.5 Å². The van der Waals surface area contributed by atoms with Crippen molar-refractivity contribution in [3.05, 3.63) is 53.6 Å². The van der Waals surface area contributed by atoms with Gasteiger partial charge in [0.2, 0.25) is 5.91 Å². The van der Waals surface area contributed by atoms with Crippen LogP contribution in [0.2, 0.25) is 5.02 Å². The molecule has 0 unspecified atom stereocenters. The summed E-state index contributed by atoms with van der Waals surface area (Å²) in [6.07, 6.45) is 0. The lowest BCUT2D eigenvalue weighted by Gasteiger charge is -2.22. The normalized spacial score (nSPS) is 11.4. The number of likely N-dealkylation sites (N-methyl/N-ethyl adjacent to an activating group) is 1. The number of fused-ring (bicyclic) bond motifs is 1. The standard InChI is InChI=1S/C19H20ClN3O3S2.ClH/c1-22(2)11-12-23(19-21-18-15(20)9-6-10-16(18)27-19)17(24)13-28(25,26)14-7-4-3-5-8-14;/h3-10H,11-13H2,1-2H3;1H. The monoisotopic (exact) mass is 473 g/mol. The maximum absolute atomic E-state index is 13.0. The van der Waals surface area contributed by atoms with Crippen LogP contribution >= 0.6 is 35.3 Å². The molecule has 2 aromatic carbocycles. The number of aromatic nitrogens is 1. The number of benzene rings is 2. The molecule has 0 radical (unpaired) electrons. The summed E-state index contributed by atoms with van der Waals surface area (Å²) in [5.41, 5.74) is 0.609. The van der Waals surface area contributed by atoms with Gasteiger partial charge in [-0.25, -0.2) is 13.4 Å². The van der Waals surface area contributed by atoms with Crippen molar-refractivity contribution in [1.82, 2.24) is 9.88 Å². The average molecular weight is 474 g/mol. The highest BCUT2D eigenvalue weighted by atomic mass is 35.5. The van der Waals surface area contributed by atoms with Crippen LogP contribution in [0.15, 0.2) is 53.4 Å². The predicted octanol–water partition coefficient (Wildman–Crippen LogP) is 3.74. The largest absolute Gasteiger partial charge is 0.308 e. The van der Waals surface area contributed by atoms with E-state index in [0.29, 0.717) is 28.8 Å². The second-order valence-corrected chi connectivity index (χ2v) is 9.91. The van der Waals surface area contributed by atoms with Gasteiger partial charge in [0.25, 0.3) is 0 Å². The number of halogens is 2. The van der Waals surface area contributed by atoms with Gasteiger partial charge in [-0.1, -0.05) is 47.2 Å². The molecule has 1 aromatic heterocycles. The number of carbonyl (C=O) groups excluding carboxylic acids is 1. The molecule has 0 saturated heterocycles. The van der Waals surface area contributed by atoms with E-state index in [-0.39, 0.29) is 17.3 Å². The number of amides is 1. The molecule has 3 rings (SSSR count). The van der Waals surface area contributed by atoms with Crippen LogP contribution in [0, 0.1) is 0 Å². The Morgan fingerprint density at radius 1 is 1.07 bits per heavy atom. The quantitative estimate of drug-likeness (QED) is 0.522. The van der Waals surface area contributed by atoms with Crippen LogP contribution < -0.4 is 4.90 Å². The van der Waals surface area contributed by atoms with Crippen LogP contribution in [-0.4, -0.2) is 57.1 Å². The van der Waals surface area contributed by atoms with Gasteiger partial charge in [0, 0.05) is 13.1 Å². The second-order valence-electron chi connectivity index (χ2n) is 6.50. The Balaban J connectivity index is 0.00000300. The topological polar surface area (TPSA) is 70.6 Å². The average Bonchev–Trinajstić information content (AvgIpc) is 3.07. The molecular weight excluding hydrogens is 453 g/mol. The highest BCUT2D eigenvalue weighted by Gasteiger charge is 2.26. The molecule has 0 atom stereocenters. The molecule has 0 saturated carbocycles. The summed E-state index contributed by atoms with van der Waals surface area (Å²) in [4.78, 5) is 20.9. The van der Waals surface area contributed by atoms with Crippen molar-refractivity contribution in [3.63, 3.8) is 0 Å². The molecular formula is C19H21Cl2N3O3S2. The summed E-state index contributed by atoms with van der Waals surface area (Å²) in [7, 11) is 0.0316. The smallest absolute Gasteiger partial charge is 0.244 e. The fourth-order valence-corrected chi connectivity index (χ4v) is 5.13. The number of carbonyl (C=O) groups is 1. The first kappa shape index (κ1) is 23.6. The molecule has 0 spiro atoms. The van der Waals surface area contributed by atoms with Crippen molar-refractivity contribution < 1.29 is 13.2 Å². The Bertz CT molecular complexity index is 1090. The summed E-state index contributed by atoms with van der Waals surface area (Å²) >= 11 is 7.52. The molecule has 156 valence electrons. The third kappa shape index (κ3) is 5.67. The molecule has 29 heavy (non-hydrogen) atoms. The lowest BCUT2D eigenvalue weighted by molar-refractivity contribution is -0.116. The number of nitrogens with zero attached hydrogens (tertiary/aromatic N) is 3. The van der Waals surface area contributed by atoms with Crippen molar-refractivity contribution >= 4 is 66.4 Å². The SMILES string of the molecule is CN(C)CCN(C(=O)CS(=O)(=O)c1ccccc1)c1nc2c(Cl)cccc2s1.Cl. The minimum atomic E-state index is -3.74. The lowest BCUT2D eigenvalue weighted by atomic mass is 10.3. The molecule has 1 heterocycles. The highest BCUT2D eigenvalue weighted by molar-refractivity contribution is 7.92. The second kappa shape index (κ2) is 9.86. The Morgan fingerprint density at radius 2 is 1.76 bits per heavy atom. The predicted molar refractivity (Wildman–Crippen MR) is 121 cm³/mol. The first-order valence-corrected chi connectivity index (χ1v) is 11.4. The summed E-state index contributed by atoms with van der Waals surface area (Å²) < 4.78 is 26.1. The van der Waals surface area contributed by atoms with E-state index in [1.807, 2.05) is 31.1 Å². The van der Waals surface area contributed by atoms with Gasteiger partial charge in [0.05, 0.1) is 14.6 Å². The molecule has 0 bridgehead atoms. The van der Waals surface area contributed by atoms with Crippen molar-refractivity contribution in [1.29, 1.82) is 0 Å². The minimum absolute atomic E-state index is 0. The summed E-state index contributed by atoms with van der Waals surface area (Å²) in [5.74, 6) is -1.13. The van der Waals surface area contributed by atoms with Gasteiger partial charge < -0.3 is 4.90 Å². The third-order valence-electron chi connectivity index (χ3n) is 4.08. The van der Waals surface area contributed by atoms with Crippen LogP contribution in [0.3, 0.4) is 0 Å². The fourth-order valence-electron chi connectivity index (χ4n) is 2.60. The van der Waals surface area contributed by atoms with Gasteiger partial charge in [-0.2, -0.15) is 0 Å². The molecule has 0 aliphatic rings. The zero-order valence-electron chi connectivity index (χ0n) is 15.9. The van der Waals surface area contributed by atoms with Gasteiger partial charge in [0.15, 0.2) is 15.0 Å². The molecule has 3 aromatic rings. The molecule has 0 fully saturated rings. The minimum Gasteiger partial charge on any atom is -0.308 e. The Labute approximate surface area is 185 Å². The van der Waals surface area contributed by atoms with E-state index in [4.69, 9.17) is 11.6 Å². The summed E-state index contributed by atoms with van der Waals surface area (Å²) in [6, 6.07) is 13.4. The Hall–Kier alpha value is -1.71. The zero-order valence-corrected chi connectivity index (χ0v) is 19.1. The Morgan fingerprint density at radius 3 is 2.38 bits per heavy atom. The van der Waals surface area contributed by atoms with Gasteiger partial charge in [0.1, 0.15) is 11.3 Å². The molecule has 0 aliphatic heterocycles. The van der Waals surface area contributed by atoms with Gasteiger partial charge in [-0.3, -0.25) is 9.69 Å². The number of rotatable bonds is 7. The van der Waals surface area contributed by atoms with E-state index in [1.165, 1.54) is 28.4 Å². The summed E-state index contributed by atoms with van der Waals surface area (Å²) in [5, 5.41) is 0.940. The summed E-state index contributed by atoms with van der Waals surface area (Å²) in [6.45, 7) is 0.897. The number of thiazole rings is 1. The van der Waals surface area contributed by atoms with Crippen LogP contribution in [0.5, 0.6) is 0 Å². The van der Waals surface area contributed by atoms with E-state index in [9.17, 15) is 13.2 Å². The first-order valence-electron chi connectivity index (χ1n) is 8.56. The van der Waals surface area contributed by atoms with E-state index in [2.05, 4.69) is 4.98 Å². The van der Waals surface area contributed by atoms with Crippen molar-refractivity contribution in [3.8, 4) is 0 Å². The van der Waals surface area contributed by atoms with Crippen molar-refractivity contribution in [2.45, 2.75) is 4.90 Å². The molecule has 0 N–H and O–H groups in total. The first-order chi connectivity index (χ1) is 13.3. The maximum Gasteiger partial charge on any atom is 0.244 e. The number of sulfone groups is 1. The van der Waals surface area contributed by atoms with Crippen LogP contribution in [-0.2, 0) is 14.6 Å². The molecule has 6 nitrogen and oxygen atoms in total. The number of para-hydroxylation sites is 1. The lowest BCUT2D eigenvalue weighted by Crippen LogP contribution is -2.40. The van der Waals surface area contributed by atoms with Gasteiger partial charge in [-0.15, -0.1) is 12.4 Å². The van der Waals surface area contributed by atoms with Crippen molar-refractivity contribution in [2.75, 3.05) is 37.8 Å². The van der Waals surface area contributed by atoms with Gasteiger partial charge in [-0.05, 0) is 38.4 Å². The number of hydrogen-bond acceptors (Lipinski definition) is 6. The van der Waals surface area contributed by atoms with E-state index in [0.717, 1.165) is 4.70 Å². The number of anilines is 1. The van der Waals surface area contributed by atoms with Crippen LogP contribution in [0.25, 0.3) is 10.2 Å². The number of hydrogen-bond donors (Lipinski definition) is 0. The fraction of sp³-hybridized carbons (Fsp3) is 0.263. The molecule has 1 amide bonds. The van der Waals surface area contributed by atoms with Crippen LogP contribution in [0.4, 0.5) is 5.13 Å². The van der Waals surface area contributed by atoms with Crippen molar-refractivity contribution in [2.24, 2.45) is 0 Å². The maximum atomic E-state index is 13.0. The highest BCUT2D eigenvalue weighted by Crippen LogP contribution is 2.33. The molecule has 0 aliphatic carbocycles. The van der Waals surface area contributed by atoms with Gasteiger partial charge >= 0.3 is 0 Å². The van der Waals surface area contributed by atoms with E-state index >= 15 is 0 Å². The third-order valence-corrected chi connectivity index (χ3v) is 7.04. The zero-order chi connectivity index (χ0) is 20.3. The van der Waals surface area contributed by atoms with Crippen LogP contribution in [0.1, 0.15) is 0 Å². The Kier molecular flexibility index (Phi) is 8.02. The van der Waals surface area contributed by atoms with E-state index in [1.54, 1.807) is 24.3 Å². The molecule has 10 heteroatoms.